The molecule has 0 spiro atoms. The average Bonchev–Trinajstić information content (AvgIpc) is 2.62. The van der Waals surface area contributed by atoms with Gasteiger partial charge in [-0.2, -0.15) is 0 Å². The molecule has 2 aliphatic rings. The van der Waals surface area contributed by atoms with Crippen molar-refractivity contribution in [2.45, 2.75) is 44.6 Å². The van der Waals surface area contributed by atoms with Crippen LogP contribution in [0.5, 0.6) is 11.5 Å². The molecule has 2 amide bonds. The van der Waals surface area contributed by atoms with Crippen LogP contribution in [0.25, 0.3) is 0 Å². The highest BCUT2D eigenvalue weighted by Crippen LogP contribution is 2.38. The van der Waals surface area contributed by atoms with Crippen LogP contribution in [0.3, 0.4) is 0 Å². The Morgan fingerprint density at radius 2 is 1.88 bits per heavy atom. The zero-order chi connectivity index (χ0) is 17.6. The average molecular weight is 367 g/mol. The number of carbonyl (C=O) groups is 2. The summed E-state index contributed by atoms with van der Waals surface area (Å²) in [6.45, 7) is 1.15. The molecule has 1 saturated carbocycles. The van der Waals surface area contributed by atoms with Crippen molar-refractivity contribution >= 4 is 23.4 Å². The molecule has 25 heavy (non-hydrogen) atoms. The Morgan fingerprint density at radius 3 is 2.68 bits per heavy atom. The van der Waals surface area contributed by atoms with E-state index in [-0.39, 0.29) is 30.8 Å². The molecule has 7 heteroatoms. The molecule has 1 aliphatic heterocycles. The summed E-state index contributed by atoms with van der Waals surface area (Å²) in [6.07, 6.45) is 5.96. The monoisotopic (exact) mass is 366 g/mol. The molecule has 136 valence electrons. The summed E-state index contributed by atoms with van der Waals surface area (Å²) in [4.78, 5) is 24.2. The van der Waals surface area contributed by atoms with E-state index in [0.717, 1.165) is 12.8 Å². The molecule has 0 aromatic heterocycles. The van der Waals surface area contributed by atoms with Gasteiger partial charge in [-0.3, -0.25) is 9.59 Å². The second-order valence-electron chi connectivity index (χ2n) is 6.39. The molecule has 1 heterocycles. The fraction of sp³-hybridized carbons (Fsp3) is 0.556. The number of benzene rings is 1. The van der Waals surface area contributed by atoms with Crippen molar-refractivity contribution < 1.29 is 19.1 Å². The van der Waals surface area contributed by atoms with Gasteiger partial charge >= 0.3 is 0 Å². The predicted molar refractivity (Wildman–Crippen MR) is 94.4 cm³/mol. The van der Waals surface area contributed by atoms with Crippen LogP contribution in [0.15, 0.2) is 12.1 Å². The molecule has 0 radical (unpaired) electrons. The first-order valence-corrected chi connectivity index (χ1v) is 9.18. The highest BCUT2D eigenvalue weighted by molar-refractivity contribution is 6.32. The second kappa shape index (κ2) is 8.43. The third-order valence-electron chi connectivity index (χ3n) is 4.47. The Bertz CT molecular complexity index is 644. The minimum atomic E-state index is -0.288. The second-order valence-corrected chi connectivity index (χ2v) is 6.80. The van der Waals surface area contributed by atoms with Crippen LogP contribution in [0, 0.1) is 0 Å². The third kappa shape index (κ3) is 4.78. The molecule has 3 rings (SSSR count). The molecule has 0 saturated heterocycles. The zero-order valence-electron chi connectivity index (χ0n) is 14.1. The standard InChI is InChI=1S/C18H23ClN2O4/c19-14-10-12(11-15-17(14)25-9-8-24-15)18(23)20-7-6-16(22)21-13-4-2-1-3-5-13/h10-11,13H,1-9H2,(H,20,23)(H,21,22). The van der Waals surface area contributed by atoms with Crippen molar-refractivity contribution in [1.29, 1.82) is 0 Å². The van der Waals surface area contributed by atoms with Gasteiger partial charge in [0.15, 0.2) is 11.5 Å². The molecule has 1 fully saturated rings. The summed E-state index contributed by atoms with van der Waals surface area (Å²) in [5.74, 6) is 0.631. The Labute approximate surface area is 152 Å². The minimum absolute atomic E-state index is 0.0209. The number of amides is 2. The molecular weight excluding hydrogens is 344 g/mol. The van der Waals surface area contributed by atoms with Crippen LogP contribution in [-0.4, -0.2) is 37.6 Å². The van der Waals surface area contributed by atoms with Crippen molar-refractivity contribution in [1.82, 2.24) is 10.6 Å². The summed E-state index contributed by atoms with van der Waals surface area (Å²) in [5.41, 5.74) is 0.391. The summed E-state index contributed by atoms with van der Waals surface area (Å²) in [6, 6.07) is 3.44. The number of nitrogens with one attached hydrogen (secondary N) is 2. The maximum absolute atomic E-state index is 12.3. The van der Waals surface area contributed by atoms with Crippen LogP contribution in [-0.2, 0) is 4.79 Å². The van der Waals surface area contributed by atoms with E-state index in [2.05, 4.69) is 10.6 Å². The fourth-order valence-electron chi connectivity index (χ4n) is 3.18. The smallest absolute Gasteiger partial charge is 0.251 e. The largest absolute Gasteiger partial charge is 0.486 e. The van der Waals surface area contributed by atoms with Crippen molar-refractivity contribution in [2.75, 3.05) is 19.8 Å². The normalized spacial score (nSPS) is 17.0. The zero-order valence-corrected chi connectivity index (χ0v) is 14.9. The lowest BCUT2D eigenvalue weighted by molar-refractivity contribution is -0.121. The summed E-state index contributed by atoms with van der Waals surface area (Å²) < 4.78 is 10.9. The van der Waals surface area contributed by atoms with Crippen molar-refractivity contribution in [3.05, 3.63) is 22.7 Å². The molecular formula is C18H23ClN2O4. The van der Waals surface area contributed by atoms with Gasteiger partial charge in [-0.1, -0.05) is 30.9 Å². The van der Waals surface area contributed by atoms with E-state index in [1.54, 1.807) is 12.1 Å². The van der Waals surface area contributed by atoms with Gasteiger partial charge in [0.2, 0.25) is 5.91 Å². The maximum atomic E-state index is 12.3. The molecule has 2 N–H and O–H groups in total. The van der Waals surface area contributed by atoms with Crippen molar-refractivity contribution in [3.8, 4) is 11.5 Å². The van der Waals surface area contributed by atoms with Gasteiger partial charge < -0.3 is 20.1 Å². The fourth-order valence-corrected chi connectivity index (χ4v) is 3.45. The van der Waals surface area contributed by atoms with Gasteiger partial charge in [-0.05, 0) is 25.0 Å². The quantitative estimate of drug-likeness (QED) is 0.840. The molecule has 0 atom stereocenters. The lowest BCUT2D eigenvalue weighted by Gasteiger charge is -2.22. The number of halogens is 1. The van der Waals surface area contributed by atoms with E-state index in [4.69, 9.17) is 21.1 Å². The Morgan fingerprint density at radius 1 is 1.12 bits per heavy atom. The van der Waals surface area contributed by atoms with Crippen LogP contribution in [0.2, 0.25) is 5.02 Å². The van der Waals surface area contributed by atoms with Crippen molar-refractivity contribution in [2.24, 2.45) is 0 Å². The number of hydrogen-bond donors (Lipinski definition) is 2. The first-order chi connectivity index (χ1) is 12.1. The molecule has 1 aliphatic carbocycles. The van der Waals surface area contributed by atoms with E-state index in [1.807, 2.05) is 0 Å². The summed E-state index contributed by atoms with van der Waals surface area (Å²) in [7, 11) is 0. The van der Waals surface area contributed by atoms with E-state index >= 15 is 0 Å². The topological polar surface area (TPSA) is 76.7 Å². The SMILES string of the molecule is O=C(CCNC(=O)c1cc(Cl)c2c(c1)OCCO2)NC1CCCCC1. The molecule has 1 aromatic carbocycles. The van der Waals surface area contributed by atoms with Crippen LogP contribution in [0.4, 0.5) is 0 Å². The lowest BCUT2D eigenvalue weighted by atomic mass is 9.95. The number of hydrogen-bond acceptors (Lipinski definition) is 4. The Balaban J connectivity index is 1.47. The molecule has 0 unspecified atom stereocenters. The van der Waals surface area contributed by atoms with E-state index in [0.29, 0.717) is 35.3 Å². The summed E-state index contributed by atoms with van der Waals surface area (Å²) in [5, 5.41) is 6.13. The molecule has 6 nitrogen and oxygen atoms in total. The molecule has 1 aromatic rings. The number of fused-ring (bicyclic) bond motifs is 1. The minimum Gasteiger partial charge on any atom is -0.486 e. The summed E-state index contributed by atoms with van der Waals surface area (Å²) >= 11 is 6.14. The van der Waals surface area contributed by atoms with E-state index < -0.39 is 0 Å². The highest BCUT2D eigenvalue weighted by Gasteiger charge is 2.20. The Kier molecular flexibility index (Phi) is 6.02. The predicted octanol–water partition coefficient (Wildman–Crippen LogP) is 2.68. The number of rotatable bonds is 5. The lowest BCUT2D eigenvalue weighted by Crippen LogP contribution is -2.38. The van der Waals surface area contributed by atoms with Gasteiger partial charge in [0, 0.05) is 24.6 Å². The number of ether oxygens (including phenoxy) is 2. The van der Waals surface area contributed by atoms with Crippen LogP contribution < -0.4 is 20.1 Å². The van der Waals surface area contributed by atoms with Gasteiger partial charge in [0.25, 0.3) is 5.91 Å². The number of carbonyl (C=O) groups excluding carboxylic acids is 2. The van der Waals surface area contributed by atoms with Gasteiger partial charge in [0.05, 0.1) is 5.02 Å². The van der Waals surface area contributed by atoms with E-state index in [1.165, 1.54) is 19.3 Å². The van der Waals surface area contributed by atoms with Crippen LogP contribution in [0.1, 0.15) is 48.9 Å². The molecule has 0 bridgehead atoms. The van der Waals surface area contributed by atoms with Crippen molar-refractivity contribution in [3.63, 3.8) is 0 Å². The Hall–Kier alpha value is -1.95. The first kappa shape index (κ1) is 17.9. The van der Waals surface area contributed by atoms with E-state index in [9.17, 15) is 9.59 Å². The van der Waals surface area contributed by atoms with Crippen LogP contribution >= 0.6 is 11.6 Å². The van der Waals surface area contributed by atoms with Gasteiger partial charge in [0.1, 0.15) is 13.2 Å². The first-order valence-electron chi connectivity index (χ1n) is 8.80. The maximum Gasteiger partial charge on any atom is 0.251 e. The third-order valence-corrected chi connectivity index (χ3v) is 4.75. The highest BCUT2D eigenvalue weighted by atomic mass is 35.5. The van der Waals surface area contributed by atoms with Gasteiger partial charge in [-0.15, -0.1) is 0 Å². The van der Waals surface area contributed by atoms with Gasteiger partial charge in [-0.25, -0.2) is 0 Å².